The van der Waals surface area contributed by atoms with Crippen molar-refractivity contribution < 1.29 is 33.5 Å². The zero-order valence-corrected chi connectivity index (χ0v) is 18.4. The number of carbonyl (C=O) groups is 2. The van der Waals surface area contributed by atoms with Crippen LogP contribution in [0.1, 0.15) is 26.3 Å². The van der Waals surface area contributed by atoms with Gasteiger partial charge in [0.05, 0.1) is 23.8 Å². The molecule has 35 heavy (non-hydrogen) atoms. The van der Waals surface area contributed by atoms with Crippen molar-refractivity contribution in [2.24, 2.45) is 5.10 Å². The summed E-state index contributed by atoms with van der Waals surface area (Å²) < 4.78 is 21.5. The van der Waals surface area contributed by atoms with Gasteiger partial charge >= 0.3 is 5.97 Å². The van der Waals surface area contributed by atoms with Gasteiger partial charge in [-0.05, 0) is 54.1 Å². The lowest BCUT2D eigenvalue weighted by molar-refractivity contribution is -0.384. The molecule has 178 valence electrons. The maximum Gasteiger partial charge on any atom is 0.343 e. The molecular formula is C24H19N3O8. The van der Waals surface area contributed by atoms with Gasteiger partial charge in [-0.1, -0.05) is 0 Å². The maximum absolute atomic E-state index is 12.4. The number of methoxy groups -OCH3 is 1. The van der Waals surface area contributed by atoms with E-state index < -0.39 is 16.8 Å². The fourth-order valence-electron chi connectivity index (χ4n) is 3.14. The molecule has 0 aliphatic carbocycles. The summed E-state index contributed by atoms with van der Waals surface area (Å²) in [6.45, 7) is 0.874. The molecule has 11 nitrogen and oxygen atoms in total. The molecule has 1 N–H and O–H groups in total. The highest BCUT2D eigenvalue weighted by atomic mass is 16.6. The molecule has 0 aromatic heterocycles. The first-order chi connectivity index (χ1) is 16.9. The second-order valence-corrected chi connectivity index (χ2v) is 7.16. The number of hydrogen-bond acceptors (Lipinski definition) is 9. The number of nitrogens with zero attached hydrogens (tertiary/aromatic N) is 2. The molecule has 0 fully saturated rings. The Morgan fingerprint density at radius 1 is 0.971 bits per heavy atom. The third kappa shape index (κ3) is 5.53. The van der Waals surface area contributed by atoms with E-state index in [0.717, 1.165) is 0 Å². The van der Waals surface area contributed by atoms with Crippen LogP contribution in [0.3, 0.4) is 0 Å². The Morgan fingerprint density at radius 3 is 2.40 bits per heavy atom. The molecule has 1 amide bonds. The molecule has 1 aliphatic heterocycles. The van der Waals surface area contributed by atoms with Crippen LogP contribution < -0.4 is 24.4 Å². The van der Waals surface area contributed by atoms with Crippen molar-refractivity contribution in [1.29, 1.82) is 0 Å². The standard InChI is InChI=1S/C24H19N3O8/c1-32-21-12-15(2-8-20(21)35-24(29)16-3-6-18(7-4-16)27(30)31)14-25-26-23(28)17-5-9-19-22(13-17)34-11-10-33-19/h2-9,12-14H,10-11H2,1H3,(H,26,28)/b25-14-. The smallest absolute Gasteiger partial charge is 0.343 e. The second kappa shape index (κ2) is 10.3. The minimum absolute atomic E-state index is 0.135. The molecule has 11 heteroatoms. The minimum Gasteiger partial charge on any atom is -0.493 e. The zero-order chi connectivity index (χ0) is 24.8. The lowest BCUT2D eigenvalue weighted by Crippen LogP contribution is -2.19. The quantitative estimate of drug-likeness (QED) is 0.180. The summed E-state index contributed by atoms with van der Waals surface area (Å²) in [5.41, 5.74) is 3.37. The van der Waals surface area contributed by atoms with Gasteiger partial charge in [-0.25, -0.2) is 10.2 Å². The Kier molecular flexibility index (Phi) is 6.86. The van der Waals surface area contributed by atoms with Gasteiger partial charge in [0.15, 0.2) is 23.0 Å². The lowest BCUT2D eigenvalue weighted by atomic mass is 10.2. The van der Waals surface area contributed by atoms with E-state index in [1.54, 1.807) is 30.3 Å². The highest BCUT2D eigenvalue weighted by Gasteiger charge is 2.16. The second-order valence-electron chi connectivity index (χ2n) is 7.16. The summed E-state index contributed by atoms with van der Waals surface area (Å²) in [5, 5.41) is 14.7. The van der Waals surface area contributed by atoms with Crippen LogP contribution in [0, 0.1) is 10.1 Å². The van der Waals surface area contributed by atoms with E-state index in [1.807, 2.05) is 0 Å². The van der Waals surface area contributed by atoms with Gasteiger partial charge in [0, 0.05) is 17.7 Å². The van der Waals surface area contributed by atoms with Gasteiger partial charge in [-0.15, -0.1) is 0 Å². The summed E-state index contributed by atoms with van der Waals surface area (Å²) in [5.74, 6) is 0.343. The van der Waals surface area contributed by atoms with E-state index in [-0.39, 0.29) is 22.7 Å². The predicted molar refractivity (Wildman–Crippen MR) is 124 cm³/mol. The van der Waals surface area contributed by atoms with E-state index in [4.69, 9.17) is 18.9 Å². The van der Waals surface area contributed by atoms with Gasteiger partial charge < -0.3 is 18.9 Å². The Bertz CT molecular complexity index is 1300. The first kappa shape index (κ1) is 23.2. The van der Waals surface area contributed by atoms with E-state index >= 15 is 0 Å². The normalized spacial score (nSPS) is 12.1. The van der Waals surface area contributed by atoms with Crippen LogP contribution in [0.25, 0.3) is 0 Å². The molecule has 1 heterocycles. The number of nitro groups is 1. The first-order valence-corrected chi connectivity index (χ1v) is 10.3. The first-order valence-electron chi connectivity index (χ1n) is 10.3. The number of fused-ring (bicyclic) bond motifs is 1. The minimum atomic E-state index is -0.702. The number of hydrazone groups is 1. The molecule has 0 unspecified atom stereocenters. The maximum atomic E-state index is 12.4. The SMILES string of the molecule is COc1cc(/C=N\NC(=O)c2ccc3c(c2)OCCO3)ccc1OC(=O)c1ccc([N+](=O)[O-])cc1. The number of hydrogen-bond donors (Lipinski definition) is 1. The van der Waals surface area contributed by atoms with Crippen molar-refractivity contribution in [3.05, 3.63) is 87.5 Å². The van der Waals surface area contributed by atoms with E-state index in [2.05, 4.69) is 10.5 Å². The van der Waals surface area contributed by atoms with Crippen LogP contribution >= 0.6 is 0 Å². The molecule has 0 radical (unpaired) electrons. The summed E-state index contributed by atoms with van der Waals surface area (Å²) in [7, 11) is 1.41. The summed E-state index contributed by atoms with van der Waals surface area (Å²) >= 11 is 0. The van der Waals surface area contributed by atoms with Gasteiger partial charge in [0.1, 0.15) is 13.2 Å². The fraction of sp³-hybridized carbons (Fsp3) is 0.125. The van der Waals surface area contributed by atoms with E-state index in [1.165, 1.54) is 43.7 Å². The number of benzene rings is 3. The Balaban J connectivity index is 1.40. The average Bonchev–Trinajstić information content (AvgIpc) is 2.89. The highest BCUT2D eigenvalue weighted by Crippen LogP contribution is 2.31. The van der Waals surface area contributed by atoms with Gasteiger partial charge in [-0.3, -0.25) is 14.9 Å². The van der Waals surface area contributed by atoms with Crippen molar-refractivity contribution >= 4 is 23.8 Å². The molecule has 0 atom stereocenters. The average molecular weight is 477 g/mol. The molecule has 3 aromatic rings. The molecule has 0 saturated carbocycles. The molecular weight excluding hydrogens is 458 g/mol. The summed E-state index contributed by atoms with van der Waals surface area (Å²) in [4.78, 5) is 34.9. The molecule has 4 rings (SSSR count). The molecule has 0 bridgehead atoms. The topological polar surface area (TPSA) is 139 Å². The van der Waals surface area contributed by atoms with Crippen molar-refractivity contribution in [2.45, 2.75) is 0 Å². The lowest BCUT2D eigenvalue weighted by Gasteiger charge is -2.18. The number of nitrogens with one attached hydrogen (secondary N) is 1. The van der Waals surface area contributed by atoms with Crippen molar-refractivity contribution in [2.75, 3.05) is 20.3 Å². The highest BCUT2D eigenvalue weighted by molar-refractivity contribution is 5.95. The molecule has 3 aromatic carbocycles. The van der Waals surface area contributed by atoms with Crippen LogP contribution in [0.15, 0.2) is 65.8 Å². The van der Waals surface area contributed by atoms with Crippen LogP contribution in [-0.2, 0) is 0 Å². The Labute approximate surface area is 199 Å². The molecule has 0 spiro atoms. The van der Waals surface area contributed by atoms with Gasteiger partial charge in [0.2, 0.25) is 0 Å². The van der Waals surface area contributed by atoms with Crippen molar-refractivity contribution in [3.63, 3.8) is 0 Å². The number of rotatable bonds is 7. The Hall–Kier alpha value is -4.93. The van der Waals surface area contributed by atoms with Crippen LogP contribution in [0.4, 0.5) is 5.69 Å². The number of esters is 1. The third-order valence-electron chi connectivity index (χ3n) is 4.89. The zero-order valence-electron chi connectivity index (χ0n) is 18.4. The van der Waals surface area contributed by atoms with Crippen molar-refractivity contribution in [3.8, 4) is 23.0 Å². The number of amides is 1. The predicted octanol–water partition coefficient (Wildman–Crippen LogP) is 3.36. The monoisotopic (exact) mass is 477 g/mol. The van der Waals surface area contributed by atoms with Crippen molar-refractivity contribution in [1.82, 2.24) is 5.43 Å². The summed E-state index contributed by atoms with van der Waals surface area (Å²) in [6.07, 6.45) is 1.40. The van der Waals surface area contributed by atoms with Crippen LogP contribution in [0.2, 0.25) is 0 Å². The van der Waals surface area contributed by atoms with E-state index in [9.17, 15) is 19.7 Å². The Morgan fingerprint density at radius 2 is 1.69 bits per heavy atom. The number of carbonyl (C=O) groups excluding carboxylic acids is 2. The summed E-state index contributed by atoms with van der Waals surface area (Å²) in [6, 6.07) is 14.6. The van der Waals surface area contributed by atoms with Crippen LogP contribution in [0.5, 0.6) is 23.0 Å². The number of non-ortho nitro benzene ring substituents is 1. The molecule has 0 saturated heterocycles. The largest absolute Gasteiger partial charge is 0.493 e. The number of ether oxygens (including phenoxy) is 4. The number of nitro benzene ring substituents is 1. The van der Waals surface area contributed by atoms with Gasteiger partial charge in [0.25, 0.3) is 11.6 Å². The fourth-order valence-corrected chi connectivity index (χ4v) is 3.14. The third-order valence-corrected chi connectivity index (χ3v) is 4.89. The van der Waals surface area contributed by atoms with Crippen LogP contribution in [-0.4, -0.2) is 43.3 Å². The van der Waals surface area contributed by atoms with E-state index in [0.29, 0.717) is 35.8 Å². The van der Waals surface area contributed by atoms with Gasteiger partial charge in [-0.2, -0.15) is 5.10 Å². The molecule has 1 aliphatic rings.